The zero-order valence-corrected chi connectivity index (χ0v) is 14.8. The van der Waals surface area contributed by atoms with Gasteiger partial charge >= 0.3 is 0 Å². The fraction of sp³-hybridized carbons (Fsp3) is 0.125. The Morgan fingerprint density at radius 2 is 2.04 bits per heavy atom. The molecule has 0 spiro atoms. The molecule has 0 amide bonds. The van der Waals surface area contributed by atoms with Gasteiger partial charge in [-0.05, 0) is 43.7 Å². The van der Waals surface area contributed by atoms with E-state index in [1.54, 1.807) is 0 Å². The first-order valence-electron chi connectivity index (χ1n) is 6.97. The summed E-state index contributed by atoms with van der Waals surface area (Å²) in [5.41, 5.74) is 3.13. The van der Waals surface area contributed by atoms with Gasteiger partial charge in [-0.15, -0.1) is 16.4 Å². The van der Waals surface area contributed by atoms with Crippen LogP contribution >= 0.6 is 27.3 Å². The van der Waals surface area contributed by atoms with E-state index in [1.807, 2.05) is 44.2 Å². The molecule has 0 saturated carbocycles. The molecule has 0 bridgehead atoms. The Kier molecular flexibility index (Phi) is 3.28. The first-order valence-corrected chi connectivity index (χ1v) is 8.58. The Labute approximate surface area is 143 Å². The van der Waals surface area contributed by atoms with Crippen molar-refractivity contribution in [1.82, 2.24) is 20.0 Å². The quantitative estimate of drug-likeness (QED) is 0.499. The van der Waals surface area contributed by atoms with Gasteiger partial charge in [0.05, 0.1) is 5.69 Å². The monoisotopic (exact) mass is 386 g/mol. The molecule has 7 heteroatoms. The van der Waals surface area contributed by atoms with Gasteiger partial charge in [0.25, 0.3) is 5.56 Å². The number of fused-ring (bicyclic) bond motifs is 3. The second-order valence-electron chi connectivity index (χ2n) is 5.33. The van der Waals surface area contributed by atoms with E-state index >= 15 is 0 Å². The number of rotatable bonds is 1. The molecule has 0 fully saturated rings. The number of nitrogens with zero attached hydrogens (tertiary/aromatic N) is 4. The minimum absolute atomic E-state index is 0.173. The average molecular weight is 387 g/mol. The van der Waals surface area contributed by atoms with Crippen LogP contribution in [0.15, 0.2) is 39.6 Å². The van der Waals surface area contributed by atoms with Gasteiger partial charge < -0.3 is 0 Å². The third-order valence-electron chi connectivity index (χ3n) is 3.64. The van der Waals surface area contributed by atoms with Crippen molar-refractivity contribution in [1.29, 1.82) is 0 Å². The van der Waals surface area contributed by atoms with Crippen molar-refractivity contribution in [3.63, 3.8) is 0 Å². The lowest BCUT2D eigenvalue weighted by atomic mass is 10.1. The average Bonchev–Trinajstić information content (AvgIpc) is 2.87. The molecule has 114 valence electrons. The largest absolute Gasteiger partial charge is 0.292 e. The first-order chi connectivity index (χ1) is 11.0. The molecular formula is C16H11BrN4OS. The lowest BCUT2D eigenvalue weighted by molar-refractivity contribution is 0.740. The molecule has 4 aromatic rings. The molecule has 3 aromatic heterocycles. The highest BCUT2D eigenvalue weighted by atomic mass is 79.9. The van der Waals surface area contributed by atoms with Gasteiger partial charge in [-0.25, -0.2) is 4.98 Å². The van der Waals surface area contributed by atoms with E-state index in [1.165, 1.54) is 16.0 Å². The highest BCUT2D eigenvalue weighted by Gasteiger charge is 2.16. The maximum absolute atomic E-state index is 12.8. The molecule has 5 nitrogen and oxygen atoms in total. The zero-order valence-electron chi connectivity index (χ0n) is 12.4. The number of aryl methyl sites for hydroxylation is 2. The van der Waals surface area contributed by atoms with Crippen LogP contribution in [0.25, 0.3) is 26.1 Å². The summed E-state index contributed by atoms with van der Waals surface area (Å²) in [6, 6.07) is 9.42. The molecule has 1 aromatic carbocycles. The minimum Gasteiger partial charge on any atom is -0.266 e. The minimum atomic E-state index is -0.173. The van der Waals surface area contributed by atoms with Crippen LogP contribution in [-0.2, 0) is 0 Å². The van der Waals surface area contributed by atoms with Gasteiger partial charge in [0.1, 0.15) is 15.0 Å². The normalized spacial score (nSPS) is 11.4. The number of halogens is 1. The highest BCUT2D eigenvalue weighted by molar-refractivity contribution is 9.10. The Balaban J connectivity index is 2.08. The summed E-state index contributed by atoms with van der Waals surface area (Å²) in [5.74, 6) is 0. The fourth-order valence-electron chi connectivity index (χ4n) is 2.67. The number of pyridine rings is 1. The molecule has 0 aliphatic heterocycles. The summed E-state index contributed by atoms with van der Waals surface area (Å²) in [5, 5.41) is 9.33. The second-order valence-corrected chi connectivity index (χ2v) is 7.24. The van der Waals surface area contributed by atoms with Crippen molar-refractivity contribution in [2.45, 2.75) is 13.8 Å². The summed E-state index contributed by atoms with van der Waals surface area (Å²) < 4.78 is 2.79. The van der Waals surface area contributed by atoms with Crippen molar-refractivity contribution in [2.75, 3.05) is 0 Å². The molecule has 4 rings (SSSR count). The van der Waals surface area contributed by atoms with Crippen LogP contribution in [0.3, 0.4) is 0 Å². The van der Waals surface area contributed by atoms with Gasteiger partial charge in [-0.2, -0.15) is 4.68 Å². The van der Waals surface area contributed by atoms with Crippen LogP contribution in [0, 0.1) is 13.8 Å². The lowest BCUT2D eigenvalue weighted by Crippen LogP contribution is -2.21. The van der Waals surface area contributed by atoms with E-state index in [-0.39, 0.29) is 5.56 Å². The van der Waals surface area contributed by atoms with Gasteiger partial charge in [-0.1, -0.05) is 27.2 Å². The summed E-state index contributed by atoms with van der Waals surface area (Å²) in [4.78, 5) is 18.2. The Hall–Kier alpha value is -2.12. The molecule has 0 atom stereocenters. The summed E-state index contributed by atoms with van der Waals surface area (Å²) >= 11 is 4.78. The first kappa shape index (κ1) is 14.5. The predicted octanol–water partition coefficient (Wildman–Crippen LogP) is 3.77. The third kappa shape index (κ3) is 2.27. The van der Waals surface area contributed by atoms with Crippen LogP contribution in [0.1, 0.15) is 11.3 Å². The summed E-state index contributed by atoms with van der Waals surface area (Å²) in [6.07, 6.45) is 0. The molecule has 0 N–H and O–H groups in total. The van der Waals surface area contributed by atoms with Crippen molar-refractivity contribution >= 4 is 47.7 Å². The summed E-state index contributed by atoms with van der Waals surface area (Å²) in [6.45, 7) is 3.95. The molecule has 0 radical (unpaired) electrons. The number of aromatic nitrogens is 4. The maximum atomic E-state index is 12.8. The van der Waals surface area contributed by atoms with E-state index < -0.39 is 0 Å². The van der Waals surface area contributed by atoms with Crippen molar-refractivity contribution < 1.29 is 0 Å². The van der Waals surface area contributed by atoms with Crippen LogP contribution in [-0.4, -0.2) is 20.0 Å². The molecule has 0 aliphatic carbocycles. The van der Waals surface area contributed by atoms with E-state index in [9.17, 15) is 4.79 Å². The molecular weight excluding hydrogens is 376 g/mol. The second kappa shape index (κ2) is 5.21. The van der Waals surface area contributed by atoms with Crippen molar-refractivity contribution in [3.05, 3.63) is 56.4 Å². The van der Waals surface area contributed by atoms with E-state index in [2.05, 4.69) is 31.2 Å². The number of benzene rings is 1. The molecule has 0 aliphatic rings. The molecule has 23 heavy (non-hydrogen) atoms. The van der Waals surface area contributed by atoms with Gasteiger partial charge in [0.2, 0.25) is 0 Å². The number of hydrogen-bond donors (Lipinski definition) is 0. The van der Waals surface area contributed by atoms with Crippen molar-refractivity contribution in [3.8, 4) is 5.69 Å². The highest BCUT2D eigenvalue weighted by Crippen LogP contribution is 2.31. The SMILES string of the molecule is Cc1cc(C)c2c(n1)sc1c(=O)n(-c3cccc(Br)c3)nnc12. The Bertz CT molecular complexity index is 1130. The smallest absolute Gasteiger partial charge is 0.266 e. The third-order valence-corrected chi connectivity index (χ3v) is 5.19. The zero-order chi connectivity index (χ0) is 16.1. The standard InChI is InChI=1S/C16H11BrN4OS/c1-8-6-9(2)18-15-12(8)13-14(23-15)16(22)21(20-19-13)11-5-3-4-10(17)7-11/h3-7H,1-2H3. The van der Waals surface area contributed by atoms with Crippen LogP contribution in [0.2, 0.25) is 0 Å². The lowest BCUT2D eigenvalue weighted by Gasteiger charge is -2.03. The van der Waals surface area contributed by atoms with Crippen LogP contribution in [0.4, 0.5) is 0 Å². The van der Waals surface area contributed by atoms with Crippen LogP contribution < -0.4 is 5.56 Å². The van der Waals surface area contributed by atoms with E-state index in [4.69, 9.17) is 0 Å². The predicted molar refractivity (Wildman–Crippen MR) is 95.5 cm³/mol. The Morgan fingerprint density at radius 3 is 2.83 bits per heavy atom. The summed E-state index contributed by atoms with van der Waals surface area (Å²) in [7, 11) is 0. The van der Waals surface area contributed by atoms with Gasteiger partial charge in [-0.3, -0.25) is 4.79 Å². The molecule has 3 heterocycles. The number of hydrogen-bond acceptors (Lipinski definition) is 5. The van der Waals surface area contributed by atoms with E-state index in [0.29, 0.717) is 15.9 Å². The van der Waals surface area contributed by atoms with Crippen LogP contribution in [0.5, 0.6) is 0 Å². The maximum Gasteiger partial charge on any atom is 0.292 e. The van der Waals surface area contributed by atoms with Gasteiger partial charge in [0.15, 0.2) is 0 Å². The van der Waals surface area contributed by atoms with Gasteiger partial charge in [0, 0.05) is 15.6 Å². The topological polar surface area (TPSA) is 60.7 Å². The van der Waals surface area contributed by atoms with Crippen molar-refractivity contribution in [2.24, 2.45) is 0 Å². The fourth-order valence-corrected chi connectivity index (χ4v) is 4.21. The molecule has 0 saturated heterocycles. The number of thiophene rings is 1. The molecule has 0 unspecified atom stereocenters. The Morgan fingerprint density at radius 1 is 1.22 bits per heavy atom. The van der Waals surface area contributed by atoms with E-state index in [0.717, 1.165) is 25.9 Å².